The summed E-state index contributed by atoms with van der Waals surface area (Å²) < 4.78 is 12.2. The second-order valence-corrected chi connectivity index (χ2v) is 5.96. The van der Waals surface area contributed by atoms with Crippen LogP contribution in [0.25, 0.3) is 0 Å². The summed E-state index contributed by atoms with van der Waals surface area (Å²) in [6.45, 7) is 4.01. The molecule has 0 aliphatic rings. The van der Waals surface area contributed by atoms with Gasteiger partial charge in [-0.15, -0.1) is 0 Å². The van der Waals surface area contributed by atoms with E-state index in [1.54, 1.807) is 7.11 Å². The number of rotatable bonds is 5. The van der Waals surface area contributed by atoms with Gasteiger partial charge in [0.15, 0.2) is 0 Å². The second-order valence-electron chi connectivity index (χ2n) is 5.11. The highest BCUT2D eigenvalue weighted by Crippen LogP contribution is 2.33. The number of methoxy groups -OCH3 is 1. The summed E-state index contributed by atoms with van der Waals surface area (Å²) in [4.78, 5) is 0. The molecule has 3 nitrogen and oxygen atoms in total. The maximum Gasteiger partial charge on any atom is 0.139 e. The van der Waals surface area contributed by atoms with Crippen LogP contribution in [0.5, 0.6) is 11.5 Å². The van der Waals surface area contributed by atoms with Gasteiger partial charge in [0.1, 0.15) is 17.6 Å². The number of benzene rings is 2. The summed E-state index contributed by atoms with van der Waals surface area (Å²) in [5, 5.41) is 0. The number of ether oxygens (including phenoxy) is 2. The van der Waals surface area contributed by atoms with E-state index in [0.29, 0.717) is 0 Å². The van der Waals surface area contributed by atoms with Crippen LogP contribution < -0.4 is 15.2 Å². The summed E-state index contributed by atoms with van der Waals surface area (Å²) in [5.74, 6) is 1.53. The van der Waals surface area contributed by atoms with E-state index >= 15 is 0 Å². The quantitative estimate of drug-likeness (QED) is 0.878. The maximum absolute atomic E-state index is 6.12. The zero-order chi connectivity index (χ0) is 15.4. The normalized spacial score (nSPS) is 13.6. The SMILES string of the molecule is COc1ccc(OC(c2cccc(C)c2)C(C)N)c(Br)c1. The molecule has 0 aliphatic heterocycles. The molecule has 2 N–H and O–H groups in total. The lowest BCUT2D eigenvalue weighted by Crippen LogP contribution is -2.29. The molecule has 112 valence electrons. The van der Waals surface area contributed by atoms with Gasteiger partial charge in [-0.25, -0.2) is 0 Å². The van der Waals surface area contributed by atoms with Gasteiger partial charge in [0, 0.05) is 6.04 Å². The minimum Gasteiger partial charge on any atom is -0.497 e. The molecule has 2 atom stereocenters. The van der Waals surface area contributed by atoms with Crippen molar-refractivity contribution in [3.05, 3.63) is 58.1 Å². The van der Waals surface area contributed by atoms with Gasteiger partial charge >= 0.3 is 0 Å². The molecule has 2 rings (SSSR count). The molecule has 0 spiro atoms. The Balaban J connectivity index is 2.29. The molecule has 0 radical (unpaired) electrons. The molecule has 0 aliphatic carbocycles. The molecule has 0 heterocycles. The van der Waals surface area contributed by atoms with Gasteiger partial charge in [0.2, 0.25) is 0 Å². The molecule has 0 bridgehead atoms. The van der Waals surface area contributed by atoms with E-state index in [2.05, 4.69) is 35.0 Å². The molecule has 0 saturated carbocycles. The summed E-state index contributed by atoms with van der Waals surface area (Å²) in [6.07, 6.45) is -0.199. The van der Waals surface area contributed by atoms with Crippen molar-refractivity contribution in [2.24, 2.45) is 5.73 Å². The van der Waals surface area contributed by atoms with Gasteiger partial charge in [0.05, 0.1) is 11.6 Å². The lowest BCUT2D eigenvalue weighted by atomic mass is 10.0. The Morgan fingerprint density at radius 3 is 2.48 bits per heavy atom. The summed E-state index contributed by atoms with van der Waals surface area (Å²) >= 11 is 3.51. The first-order chi connectivity index (χ1) is 10.0. The lowest BCUT2D eigenvalue weighted by Gasteiger charge is -2.24. The molecule has 0 aromatic heterocycles. The highest BCUT2D eigenvalue weighted by atomic mass is 79.9. The third kappa shape index (κ3) is 3.99. The number of aryl methyl sites for hydroxylation is 1. The van der Waals surface area contributed by atoms with Crippen molar-refractivity contribution >= 4 is 15.9 Å². The van der Waals surface area contributed by atoms with Gasteiger partial charge in [-0.1, -0.05) is 29.8 Å². The molecular formula is C17H20BrNO2. The second kappa shape index (κ2) is 6.96. The summed E-state index contributed by atoms with van der Waals surface area (Å²) in [5.41, 5.74) is 8.37. The van der Waals surface area contributed by atoms with Crippen LogP contribution in [-0.4, -0.2) is 13.2 Å². The Labute approximate surface area is 134 Å². The average Bonchev–Trinajstić information content (AvgIpc) is 2.45. The first kappa shape index (κ1) is 15.9. The molecule has 2 unspecified atom stereocenters. The standard InChI is InChI=1S/C17H20BrNO2/c1-11-5-4-6-13(9-11)17(12(2)19)21-16-8-7-14(20-3)10-15(16)18/h4-10,12,17H,19H2,1-3H3. The van der Waals surface area contributed by atoms with Gasteiger partial charge < -0.3 is 15.2 Å². The van der Waals surface area contributed by atoms with Gasteiger partial charge in [-0.05, 0) is 53.5 Å². The molecule has 21 heavy (non-hydrogen) atoms. The van der Waals surface area contributed by atoms with E-state index in [-0.39, 0.29) is 12.1 Å². The molecule has 0 fully saturated rings. The third-order valence-electron chi connectivity index (χ3n) is 3.24. The Morgan fingerprint density at radius 2 is 1.90 bits per heavy atom. The zero-order valence-corrected chi connectivity index (χ0v) is 14.1. The molecule has 0 saturated heterocycles. The van der Waals surface area contributed by atoms with E-state index in [4.69, 9.17) is 15.2 Å². The van der Waals surface area contributed by atoms with E-state index < -0.39 is 0 Å². The number of hydrogen-bond donors (Lipinski definition) is 1. The van der Waals surface area contributed by atoms with E-state index in [1.165, 1.54) is 5.56 Å². The van der Waals surface area contributed by atoms with E-state index in [9.17, 15) is 0 Å². The van der Waals surface area contributed by atoms with Crippen LogP contribution in [0, 0.1) is 6.92 Å². The first-order valence-corrected chi connectivity index (χ1v) is 7.63. The highest BCUT2D eigenvalue weighted by Gasteiger charge is 2.19. The summed E-state index contributed by atoms with van der Waals surface area (Å²) in [6, 6.07) is 13.7. The Kier molecular flexibility index (Phi) is 5.26. The van der Waals surface area contributed by atoms with Crippen LogP contribution in [0.15, 0.2) is 46.9 Å². The number of halogens is 1. The fraction of sp³-hybridized carbons (Fsp3) is 0.294. The maximum atomic E-state index is 6.12. The largest absolute Gasteiger partial charge is 0.497 e. The fourth-order valence-electron chi connectivity index (χ4n) is 2.17. The Bertz CT molecular complexity index is 613. The molecule has 2 aromatic carbocycles. The minimum atomic E-state index is -0.199. The van der Waals surface area contributed by atoms with Crippen LogP contribution in [0.2, 0.25) is 0 Å². The molecule has 4 heteroatoms. The van der Waals surface area contributed by atoms with Crippen LogP contribution in [0.4, 0.5) is 0 Å². The number of nitrogens with two attached hydrogens (primary N) is 1. The Hall–Kier alpha value is -1.52. The fourth-order valence-corrected chi connectivity index (χ4v) is 2.62. The molecule has 0 amide bonds. The number of hydrogen-bond acceptors (Lipinski definition) is 3. The van der Waals surface area contributed by atoms with Crippen molar-refractivity contribution in [2.45, 2.75) is 26.0 Å². The first-order valence-electron chi connectivity index (χ1n) is 6.83. The topological polar surface area (TPSA) is 44.5 Å². The van der Waals surface area contributed by atoms with Crippen LogP contribution in [0.3, 0.4) is 0 Å². The smallest absolute Gasteiger partial charge is 0.139 e. The van der Waals surface area contributed by atoms with Gasteiger partial charge in [-0.3, -0.25) is 0 Å². The average molecular weight is 350 g/mol. The van der Waals surface area contributed by atoms with Crippen molar-refractivity contribution in [2.75, 3.05) is 7.11 Å². The van der Waals surface area contributed by atoms with Crippen molar-refractivity contribution in [3.63, 3.8) is 0 Å². The van der Waals surface area contributed by atoms with Gasteiger partial charge in [-0.2, -0.15) is 0 Å². The van der Waals surface area contributed by atoms with Crippen molar-refractivity contribution < 1.29 is 9.47 Å². The molecule has 2 aromatic rings. The van der Waals surface area contributed by atoms with Crippen molar-refractivity contribution in [1.29, 1.82) is 0 Å². The van der Waals surface area contributed by atoms with Crippen molar-refractivity contribution in [1.82, 2.24) is 0 Å². The monoisotopic (exact) mass is 349 g/mol. The van der Waals surface area contributed by atoms with Gasteiger partial charge in [0.25, 0.3) is 0 Å². The Morgan fingerprint density at radius 1 is 1.14 bits per heavy atom. The van der Waals surface area contributed by atoms with Crippen LogP contribution in [0.1, 0.15) is 24.2 Å². The lowest BCUT2D eigenvalue weighted by molar-refractivity contribution is 0.179. The van der Waals surface area contributed by atoms with E-state index in [1.807, 2.05) is 37.3 Å². The molecular weight excluding hydrogens is 330 g/mol. The summed E-state index contributed by atoms with van der Waals surface area (Å²) in [7, 11) is 1.64. The van der Waals surface area contributed by atoms with E-state index in [0.717, 1.165) is 21.5 Å². The zero-order valence-electron chi connectivity index (χ0n) is 12.5. The third-order valence-corrected chi connectivity index (χ3v) is 3.86. The van der Waals surface area contributed by atoms with Crippen LogP contribution >= 0.6 is 15.9 Å². The predicted molar refractivity (Wildman–Crippen MR) is 88.9 cm³/mol. The minimum absolute atomic E-state index is 0.124. The predicted octanol–water partition coefficient (Wildman–Crippen LogP) is 4.23. The van der Waals surface area contributed by atoms with Crippen LogP contribution in [-0.2, 0) is 0 Å². The highest BCUT2D eigenvalue weighted by molar-refractivity contribution is 9.10. The van der Waals surface area contributed by atoms with Crippen molar-refractivity contribution in [3.8, 4) is 11.5 Å².